The van der Waals surface area contributed by atoms with Crippen molar-refractivity contribution in [3.63, 3.8) is 0 Å². The number of benzene rings is 2. The van der Waals surface area contributed by atoms with Crippen molar-refractivity contribution < 1.29 is 14.3 Å². The largest absolute Gasteiger partial charge is 0.497 e. The molecule has 27 heavy (non-hydrogen) atoms. The first-order valence-electron chi connectivity index (χ1n) is 9.37. The molecule has 0 saturated carbocycles. The van der Waals surface area contributed by atoms with Gasteiger partial charge in [0.05, 0.1) is 13.0 Å². The lowest BCUT2D eigenvalue weighted by Gasteiger charge is -2.17. The van der Waals surface area contributed by atoms with Gasteiger partial charge in [-0.1, -0.05) is 26.0 Å². The van der Waals surface area contributed by atoms with Gasteiger partial charge in [0.25, 0.3) is 0 Å². The number of carbonyl (C=O) groups is 2. The zero-order valence-electron chi connectivity index (χ0n) is 16.1. The van der Waals surface area contributed by atoms with Gasteiger partial charge >= 0.3 is 0 Å². The van der Waals surface area contributed by atoms with Crippen molar-refractivity contribution in [2.24, 2.45) is 5.92 Å². The Morgan fingerprint density at radius 3 is 2.44 bits per heavy atom. The van der Waals surface area contributed by atoms with Crippen molar-refractivity contribution in [3.8, 4) is 5.75 Å². The number of hydrogen-bond acceptors (Lipinski definition) is 3. The first-order valence-corrected chi connectivity index (χ1v) is 9.37. The van der Waals surface area contributed by atoms with Crippen LogP contribution in [-0.2, 0) is 9.59 Å². The summed E-state index contributed by atoms with van der Waals surface area (Å²) in [6.45, 7) is 4.74. The summed E-state index contributed by atoms with van der Waals surface area (Å²) in [6, 6.07) is 15.3. The average Bonchev–Trinajstić information content (AvgIpc) is 3.10. The van der Waals surface area contributed by atoms with E-state index in [-0.39, 0.29) is 24.2 Å². The molecule has 3 rings (SSSR count). The van der Waals surface area contributed by atoms with E-state index in [1.165, 1.54) is 5.56 Å². The maximum Gasteiger partial charge on any atom is 0.229 e. The third-order valence-electron chi connectivity index (χ3n) is 5.24. The minimum atomic E-state index is -0.353. The van der Waals surface area contributed by atoms with Crippen LogP contribution in [-0.4, -0.2) is 25.5 Å². The Kier molecular flexibility index (Phi) is 5.79. The third kappa shape index (κ3) is 4.30. The van der Waals surface area contributed by atoms with E-state index in [0.717, 1.165) is 23.5 Å². The lowest BCUT2D eigenvalue weighted by molar-refractivity contribution is -0.122. The maximum atomic E-state index is 12.6. The van der Waals surface area contributed by atoms with E-state index in [2.05, 4.69) is 19.2 Å². The predicted molar refractivity (Wildman–Crippen MR) is 107 cm³/mol. The summed E-state index contributed by atoms with van der Waals surface area (Å²) in [5, 5.41) is 2.94. The lowest BCUT2D eigenvalue weighted by Crippen LogP contribution is -2.28. The standard InChI is InChI=1S/C22H26N2O3/c1-4-15(2)16-5-7-18(8-6-16)23-22(26)17-13-21(25)24(14-17)19-9-11-20(27-3)12-10-19/h5-12,15,17H,4,13-14H2,1-3H3,(H,23,26)/t15-,17+/m1/s1. The normalized spacial score (nSPS) is 17.7. The third-order valence-corrected chi connectivity index (χ3v) is 5.24. The van der Waals surface area contributed by atoms with Crippen LogP contribution in [0.1, 0.15) is 38.2 Å². The van der Waals surface area contributed by atoms with Crippen molar-refractivity contribution in [2.45, 2.75) is 32.6 Å². The van der Waals surface area contributed by atoms with E-state index in [1.54, 1.807) is 12.0 Å². The SMILES string of the molecule is CC[C@@H](C)c1ccc(NC(=O)[C@H]2CC(=O)N(c3ccc(OC)cc3)C2)cc1. The van der Waals surface area contributed by atoms with Crippen LogP contribution in [0.25, 0.3) is 0 Å². The predicted octanol–water partition coefficient (Wildman–Crippen LogP) is 4.20. The second-order valence-electron chi connectivity index (χ2n) is 7.02. The van der Waals surface area contributed by atoms with E-state index in [9.17, 15) is 9.59 Å². The number of anilines is 2. The first kappa shape index (κ1) is 19.0. The molecule has 2 aromatic rings. The Bertz CT molecular complexity index is 799. The van der Waals surface area contributed by atoms with Gasteiger partial charge in [-0.3, -0.25) is 9.59 Å². The number of methoxy groups -OCH3 is 1. The van der Waals surface area contributed by atoms with E-state index in [4.69, 9.17) is 4.74 Å². The zero-order chi connectivity index (χ0) is 19.4. The summed E-state index contributed by atoms with van der Waals surface area (Å²) >= 11 is 0. The van der Waals surface area contributed by atoms with E-state index < -0.39 is 0 Å². The summed E-state index contributed by atoms with van der Waals surface area (Å²) in [7, 11) is 1.60. The molecule has 2 amide bonds. The highest BCUT2D eigenvalue weighted by molar-refractivity contribution is 6.03. The summed E-state index contributed by atoms with van der Waals surface area (Å²) in [5.41, 5.74) is 2.81. The van der Waals surface area contributed by atoms with Gasteiger partial charge in [0, 0.05) is 24.3 Å². The molecule has 142 valence electrons. The van der Waals surface area contributed by atoms with E-state index >= 15 is 0 Å². The molecule has 0 spiro atoms. The smallest absolute Gasteiger partial charge is 0.229 e. The average molecular weight is 366 g/mol. The molecule has 1 fully saturated rings. The van der Waals surface area contributed by atoms with Gasteiger partial charge in [-0.05, 0) is 54.3 Å². The van der Waals surface area contributed by atoms with Crippen LogP contribution < -0.4 is 15.0 Å². The van der Waals surface area contributed by atoms with Crippen molar-refractivity contribution in [3.05, 3.63) is 54.1 Å². The summed E-state index contributed by atoms with van der Waals surface area (Å²) in [6.07, 6.45) is 1.31. The molecule has 1 aliphatic heterocycles. The van der Waals surface area contributed by atoms with E-state index in [0.29, 0.717) is 12.5 Å². The van der Waals surface area contributed by atoms with E-state index in [1.807, 2.05) is 48.5 Å². The highest BCUT2D eigenvalue weighted by Crippen LogP contribution is 2.28. The molecule has 0 aliphatic carbocycles. The molecule has 0 aromatic heterocycles. The van der Waals surface area contributed by atoms with Crippen molar-refractivity contribution in [2.75, 3.05) is 23.9 Å². The molecule has 1 heterocycles. The van der Waals surface area contributed by atoms with Gasteiger partial charge in [-0.25, -0.2) is 0 Å². The number of nitrogens with one attached hydrogen (secondary N) is 1. The molecule has 1 aliphatic rings. The lowest BCUT2D eigenvalue weighted by atomic mass is 9.98. The molecule has 2 atom stereocenters. The van der Waals surface area contributed by atoms with Gasteiger partial charge in [0.1, 0.15) is 5.75 Å². The second kappa shape index (κ2) is 8.25. The quantitative estimate of drug-likeness (QED) is 0.833. The van der Waals surface area contributed by atoms with Gasteiger partial charge in [0.15, 0.2) is 0 Å². The molecular weight excluding hydrogens is 340 g/mol. The fourth-order valence-corrected chi connectivity index (χ4v) is 3.27. The number of nitrogens with zero attached hydrogens (tertiary/aromatic N) is 1. The van der Waals surface area contributed by atoms with Gasteiger partial charge in [-0.15, -0.1) is 0 Å². The molecule has 1 N–H and O–H groups in total. The minimum absolute atomic E-state index is 0.0348. The number of carbonyl (C=O) groups excluding carboxylic acids is 2. The molecule has 0 radical (unpaired) electrons. The van der Waals surface area contributed by atoms with Crippen LogP contribution in [0, 0.1) is 5.92 Å². The van der Waals surface area contributed by atoms with Crippen molar-refractivity contribution in [1.29, 1.82) is 0 Å². The van der Waals surface area contributed by atoms with Crippen molar-refractivity contribution in [1.82, 2.24) is 0 Å². The van der Waals surface area contributed by atoms with Gasteiger partial charge in [0.2, 0.25) is 11.8 Å². The topological polar surface area (TPSA) is 58.6 Å². The Hall–Kier alpha value is -2.82. The molecule has 0 unspecified atom stereocenters. The first-order chi connectivity index (χ1) is 13.0. The Balaban J connectivity index is 1.63. The minimum Gasteiger partial charge on any atom is -0.497 e. The Morgan fingerprint density at radius 1 is 1.19 bits per heavy atom. The zero-order valence-corrected chi connectivity index (χ0v) is 16.1. The molecular formula is C22H26N2O3. The second-order valence-corrected chi connectivity index (χ2v) is 7.02. The summed E-state index contributed by atoms with van der Waals surface area (Å²) < 4.78 is 5.15. The number of amides is 2. The summed E-state index contributed by atoms with van der Waals surface area (Å²) in [4.78, 5) is 26.6. The van der Waals surface area contributed by atoms with Crippen molar-refractivity contribution >= 4 is 23.2 Å². The number of ether oxygens (including phenoxy) is 1. The molecule has 2 aromatic carbocycles. The maximum absolute atomic E-state index is 12.6. The monoisotopic (exact) mass is 366 g/mol. The molecule has 5 heteroatoms. The fourth-order valence-electron chi connectivity index (χ4n) is 3.27. The highest BCUT2D eigenvalue weighted by Gasteiger charge is 2.35. The Labute approximate surface area is 160 Å². The van der Waals surface area contributed by atoms with Crippen LogP contribution >= 0.6 is 0 Å². The molecule has 0 bridgehead atoms. The molecule has 5 nitrogen and oxygen atoms in total. The fraction of sp³-hybridized carbons (Fsp3) is 0.364. The summed E-state index contributed by atoms with van der Waals surface area (Å²) in [5.74, 6) is 0.734. The van der Waals surface area contributed by atoms with Crippen LogP contribution in [0.4, 0.5) is 11.4 Å². The van der Waals surface area contributed by atoms with Gasteiger partial charge in [-0.2, -0.15) is 0 Å². The van der Waals surface area contributed by atoms with Crippen LogP contribution in [0.5, 0.6) is 5.75 Å². The van der Waals surface area contributed by atoms with Crippen LogP contribution in [0.2, 0.25) is 0 Å². The molecule has 1 saturated heterocycles. The van der Waals surface area contributed by atoms with Crippen LogP contribution in [0.3, 0.4) is 0 Å². The Morgan fingerprint density at radius 2 is 1.85 bits per heavy atom. The number of rotatable bonds is 6. The highest BCUT2D eigenvalue weighted by atomic mass is 16.5. The number of hydrogen-bond donors (Lipinski definition) is 1. The van der Waals surface area contributed by atoms with Gasteiger partial charge < -0.3 is 15.0 Å². The van der Waals surface area contributed by atoms with Crippen LogP contribution in [0.15, 0.2) is 48.5 Å².